The molecule has 2 aliphatic heterocycles. The highest BCUT2D eigenvalue weighted by atomic mass is 32.2. The first-order valence-corrected chi connectivity index (χ1v) is 12.2. The van der Waals surface area contributed by atoms with Crippen molar-refractivity contribution in [2.24, 2.45) is 0 Å². The zero-order chi connectivity index (χ0) is 21.1. The van der Waals surface area contributed by atoms with Gasteiger partial charge in [-0.05, 0) is 56.4 Å². The Morgan fingerprint density at radius 1 is 0.933 bits per heavy atom. The number of sulfonamides is 1. The molecule has 0 spiro atoms. The Hall–Kier alpha value is -2.38. The first-order chi connectivity index (χ1) is 14.5. The lowest BCUT2D eigenvalue weighted by atomic mass is 10.1. The van der Waals surface area contributed by atoms with Gasteiger partial charge in [0.1, 0.15) is 4.90 Å². The molecular weight excluding hydrogens is 398 g/mol. The van der Waals surface area contributed by atoms with Gasteiger partial charge in [-0.1, -0.05) is 30.3 Å². The van der Waals surface area contributed by atoms with Crippen molar-refractivity contribution in [3.8, 4) is 0 Å². The summed E-state index contributed by atoms with van der Waals surface area (Å²) < 4.78 is 28.3. The highest BCUT2D eigenvalue weighted by molar-refractivity contribution is 7.89. The van der Waals surface area contributed by atoms with Crippen LogP contribution >= 0.6 is 0 Å². The van der Waals surface area contributed by atoms with Crippen LogP contribution in [0.4, 0.5) is 5.69 Å². The third-order valence-corrected chi connectivity index (χ3v) is 7.93. The average Bonchev–Trinajstić information content (AvgIpc) is 3.48. The molecule has 0 aliphatic carbocycles. The highest BCUT2D eigenvalue weighted by Crippen LogP contribution is 2.33. The lowest BCUT2D eigenvalue weighted by Crippen LogP contribution is -2.31. The van der Waals surface area contributed by atoms with E-state index < -0.39 is 10.0 Å². The van der Waals surface area contributed by atoms with Gasteiger partial charge in [0, 0.05) is 31.7 Å². The van der Waals surface area contributed by atoms with Crippen LogP contribution in [0.3, 0.4) is 0 Å². The van der Waals surface area contributed by atoms with Crippen molar-refractivity contribution < 1.29 is 13.2 Å². The van der Waals surface area contributed by atoms with Crippen LogP contribution < -0.4 is 10.2 Å². The zero-order valence-corrected chi connectivity index (χ0v) is 18.2. The van der Waals surface area contributed by atoms with Crippen LogP contribution in [-0.4, -0.2) is 44.8 Å². The first kappa shape index (κ1) is 20.9. The Bertz CT molecular complexity index is 996. The van der Waals surface area contributed by atoms with E-state index in [1.165, 1.54) is 0 Å². The fraction of sp³-hybridized carbons (Fsp3) is 0.435. The van der Waals surface area contributed by atoms with Crippen molar-refractivity contribution >= 4 is 21.6 Å². The summed E-state index contributed by atoms with van der Waals surface area (Å²) in [5, 5.41) is 2.99. The molecule has 6 nitrogen and oxygen atoms in total. The van der Waals surface area contributed by atoms with Gasteiger partial charge in [-0.25, -0.2) is 8.42 Å². The Balaban J connectivity index is 1.65. The molecule has 0 bridgehead atoms. The fourth-order valence-corrected chi connectivity index (χ4v) is 6.01. The van der Waals surface area contributed by atoms with Crippen LogP contribution in [0.15, 0.2) is 53.4 Å². The van der Waals surface area contributed by atoms with Gasteiger partial charge in [0.05, 0.1) is 11.7 Å². The highest BCUT2D eigenvalue weighted by Gasteiger charge is 2.32. The minimum absolute atomic E-state index is 0.171. The molecule has 2 heterocycles. The summed E-state index contributed by atoms with van der Waals surface area (Å²) in [7, 11) is -3.63. The average molecular weight is 428 g/mol. The fourth-order valence-electron chi connectivity index (χ4n) is 4.25. The van der Waals surface area contributed by atoms with Crippen LogP contribution in [-0.2, 0) is 10.0 Å². The Morgan fingerprint density at radius 3 is 2.23 bits per heavy atom. The second-order valence-corrected chi connectivity index (χ2v) is 10.0. The summed E-state index contributed by atoms with van der Waals surface area (Å²) in [5.74, 6) is -0.266. The van der Waals surface area contributed by atoms with Crippen LogP contribution in [0.25, 0.3) is 0 Å². The van der Waals surface area contributed by atoms with Crippen LogP contribution in [0.2, 0.25) is 0 Å². The minimum atomic E-state index is -3.63. The third kappa shape index (κ3) is 4.23. The maximum atomic E-state index is 13.4. The quantitative estimate of drug-likeness (QED) is 0.765. The second kappa shape index (κ2) is 8.78. The molecule has 0 unspecified atom stereocenters. The van der Waals surface area contributed by atoms with Crippen LogP contribution in [0.1, 0.15) is 54.6 Å². The summed E-state index contributed by atoms with van der Waals surface area (Å²) in [6.07, 6.45) is 3.88. The summed E-state index contributed by atoms with van der Waals surface area (Å²) in [5.41, 5.74) is 2.09. The molecule has 160 valence electrons. The van der Waals surface area contributed by atoms with Crippen molar-refractivity contribution in [1.82, 2.24) is 9.62 Å². The molecule has 0 saturated carbocycles. The van der Waals surface area contributed by atoms with Gasteiger partial charge in [0.25, 0.3) is 5.91 Å². The number of anilines is 1. The molecule has 2 aromatic carbocycles. The molecule has 1 atom stereocenters. The van der Waals surface area contributed by atoms with E-state index in [0.717, 1.165) is 44.3 Å². The smallest absolute Gasteiger partial charge is 0.251 e. The molecule has 2 aliphatic rings. The minimum Gasteiger partial charge on any atom is -0.370 e. The van der Waals surface area contributed by atoms with Crippen molar-refractivity contribution in [3.05, 3.63) is 59.7 Å². The number of hydrogen-bond donors (Lipinski definition) is 1. The SMILES string of the molecule is C[C@H](NC(=O)c1ccc(N2CCCC2)c(S(=O)(=O)N2CCCC2)c1)c1ccccc1. The number of hydrogen-bond acceptors (Lipinski definition) is 4. The van der Waals surface area contributed by atoms with Gasteiger partial charge in [0.2, 0.25) is 10.0 Å². The standard InChI is InChI=1S/C23H29N3O3S/c1-18(19-9-3-2-4-10-19)24-23(27)20-11-12-21(25-13-5-6-14-25)22(17-20)30(28,29)26-15-7-8-16-26/h2-4,9-12,17-18H,5-8,13-16H2,1H3,(H,24,27)/t18-/m0/s1. The van der Waals surface area contributed by atoms with Gasteiger partial charge in [-0.15, -0.1) is 0 Å². The van der Waals surface area contributed by atoms with E-state index in [1.54, 1.807) is 22.5 Å². The summed E-state index contributed by atoms with van der Waals surface area (Å²) in [6.45, 7) is 4.71. The van der Waals surface area contributed by atoms with Gasteiger partial charge < -0.3 is 10.2 Å². The van der Waals surface area contributed by atoms with Crippen molar-refractivity contribution in [1.29, 1.82) is 0 Å². The summed E-state index contributed by atoms with van der Waals surface area (Å²) in [4.78, 5) is 15.3. The number of carbonyl (C=O) groups is 1. The van der Waals surface area contributed by atoms with Crippen molar-refractivity contribution in [2.75, 3.05) is 31.1 Å². The Morgan fingerprint density at radius 2 is 1.57 bits per heavy atom. The molecule has 0 aromatic heterocycles. The molecular formula is C23H29N3O3S. The van der Waals surface area contributed by atoms with E-state index >= 15 is 0 Å². The Labute approximate surface area is 178 Å². The topological polar surface area (TPSA) is 69.7 Å². The monoisotopic (exact) mass is 427 g/mol. The number of nitrogens with one attached hydrogen (secondary N) is 1. The van der Waals surface area contributed by atoms with E-state index in [2.05, 4.69) is 10.2 Å². The second-order valence-electron chi connectivity index (χ2n) is 8.09. The summed E-state index contributed by atoms with van der Waals surface area (Å²) >= 11 is 0. The maximum absolute atomic E-state index is 13.4. The number of nitrogens with zero attached hydrogens (tertiary/aromatic N) is 2. The number of benzene rings is 2. The van der Waals surface area contributed by atoms with E-state index in [0.29, 0.717) is 24.3 Å². The Kier molecular flexibility index (Phi) is 6.11. The molecule has 4 rings (SSSR count). The van der Waals surface area contributed by atoms with E-state index in [-0.39, 0.29) is 16.8 Å². The van der Waals surface area contributed by atoms with Crippen molar-refractivity contribution in [3.63, 3.8) is 0 Å². The molecule has 2 fully saturated rings. The predicted octanol–water partition coefficient (Wildman–Crippen LogP) is 3.56. The van der Waals surface area contributed by atoms with E-state index in [1.807, 2.05) is 37.3 Å². The molecule has 30 heavy (non-hydrogen) atoms. The lowest BCUT2D eigenvalue weighted by Gasteiger charge is -2.25. The molecule has 2 saturated heterocycles. The predicted molar refractivity (Wildman–Crippen MR) is 118 cm³/mol. The largest absolute Gasteiger partial charge is 0.370 e. The van der Waals surface area contributed by atoms with E-state index in [9.17, 15) is 13.2 Å². The summed E-state index contributed by atoms with van der Waals surface area (Å²) in [6, 6.07) is 14.7. The molecule has 1 amide bonds. The van der Waals surface area contributed by atoms with Gasteiger partial charge in [0.15, 0.2) is 0 Å². The van der Waals surface area contributed by atoms with Gasteiger partial charge in [-0.3, -0.25) is 4.79 Å². The number of carbonyl (C=O) groups excluding carboxylic acids is 1. The van der Waals surface area contributed by atoms with E-state index in [4.69, 9.17) is 0 Å². The molecule has 1 N–H and O–H groups in total. The normalized spacial score (nSPS) is 18.5. The van der Waals surface area contributed by atoms with Gasteiger partial charge >= 0.3 is 0 Å². The maximum Gasteiger partial charge on any atom is 0.251 e. The number of amides is 1. The van der Waals surface area contributed by atoms with Crippen molar-refractivity contribution in [2.45, 2.75) is 43.5 Å². The zero-order valence-electron chi connectivity index (χ0n) is 17.4. The molecule has 2 aromatic rings. The molecule has 0 radical (unpaired) electrons. The van der Waals surface area contributed by atoms with Crippen LogP contribution in [0.5, 0.6) is 0 Å². The lowest BCUT2D eigenvalue weighted by molar-refractivity contribution is 0.0939. The van der Waals surface area contributed by atoms with Crippen LogP contribution in [0, 0.1) is 0 Å². The first-order valence-electron chi connectivity index (χ1n) is 10.7. The molecule has 7 heteroatoms. The number of rotatable bonds is 6. The van der Waals surface area contributed by atoms with Gasteiger partial charge in [-0.2, -0.15) is 4.31 Å². The third-order valence-electron chi connectivity index (χ3n) is 6.00.